The zero-order chi connectivity index (χ0) is 12.3. The van der Waals surface area contributed by atoms with Crippen molar-refractivity contribution in [2.75, 3.05) is 12.8 Å². The van der Waals surface area contributed by atoms with E-state index in [1.807, 2.05) is 30.3 Å². The maximum absolute atomic E-state index is 5.59. The molecule has 0 bridgehead atoms. The zero-order valence-corrected chi connectivity index (χ0v) is 10.9. The number of ether oxygens (including phenoxy) is 1. The van der Waals surface area contributed by atoms with Crippen molar-refractivity contribution >= 4 is 21.7 Å². The lowest BCUT2D eigenvalue weighted by molar-refractivity contribution is 0.414. The second-order valence-corrected chi connectivity index (χ2v) is 4.45. The van der Waals surface area contributed by atoms with Crippen LogP contribution in [0.5, 0.6) is 5.75 Å². The van der Waals surface area contributed by atoms with Crippen LogP contribution in [0, 0.1) is 0 Å². The fraction of sp³-hybridized carbons (Fsp3) is 0.167. The van der Waals surface area contributed by atoms with Gasteiger partial charge in [-0.3, -0.25) is 0 Å². The van der Waals surface area contributed by atoms with Gasteiger partial charge in [-0.15, -0.1) is 5.10 Å². The number of hydrogen-bond donors (Lipinski definition) is 1. The molecule has 0 saturated heterocycles. The molecule has 88 valence electrons. The molecule has 2 aromatic rings. The van der Waals surface area contributed by atoms with Crippen LogP contribution in [0.2, 0.25) is 0 Å². The van der Waals surface area contributed by atoms with Crippen LogP contribution in [0.25, 0.3) is 0 Å². The molecule has 2 N–H and O–H groups in total. The molecule has 0 aliphatic rings. The van der Waals surface area contributed by atoms with Crippen LogP contribution >= 0.6 is 15.9 Å². The minimum atomic E-state index is 0.402. The van der Waals surface area contributed by atoms with Crippen molar-refractivity contribution < 1.29 is 4.74 Å². The van der Waals surface area contributed by atoms with Gasteiger partial charge in [-0.2, -0.15) is 5.10 Å². The Morgan fingerprint density at radius 3 is 2.82 bits per heavy atom. The molecular formula is C12H12BrN3O. The van der Waals surface area contributed by atoms with Crippen LogP contribution in [0.4, 0.5) is 5.82 Å². The van der Waals surface area contributed by atoms with E-state index in [4.69, 9.17) is 10.5 Å². The van der Waals surface area contributed by atoms with Crippen molar-refractivity contribution in [1.29, 1.82) is 0 Å². The molecule has 0 aliphatic heterocycles. The summed E-state index contributed by atoms with van der Waals surface area (Å²) < 4.78 is 5.94. The van der Waals surface area contributed by atoms with Crippen LogP contribution in [0.15, 0.2) is 34.8 Å². The number of nitrogens with two attached hydrogens (primary N) is 1. The third kappa shape index (κ3) is 2.94. The lowest BCUT2D eigenvalue weighted by Gasteiger charge is -2.04. The number of nitrogen functional groups attached to an aromatic ring is 1. The van der Waals surface area contributed by atoms with Crippen molar-refractivity contribution in [1.82, 2.24) is 10.2 Å². The molecule has 2 rings (SSSR count). The SMILES string of the molecule is COc1cccc(Cc2cc(Br)c(N)nn2)c1. The Bertz CT molecular complexity index is 531. The summed E-state index contributed by atoms with van der Waals surface area (Å²) >= 11 is 3.34. The van der Waals surface area contributed by atoms with Gasteiger partial charge in [0.05, 0.1) is 17.3 Å². The number of hydrogen-bond acceptors (Lipinski definition) is 4. The molecule has 5 heteroatoms. The number of aromatic nitrogens is 2. The van der Waals surface area contributed by atoms with Gasteiger partial charge in [0.2, 0.25) is 0 Å². The van der Waals surface area contributed by atoms with Crippen molar-refractivity contribution in [3.05, 3.63) is 46.1 Å². The molecule has 0 amide bonds. The van der Waals surface area contributed by atoms with Crippen molar-refractivity contribution in [2.24, 2.45) is 0 Å². The summed E-state index contributed by atoms with van der Waals surface area (Å²) in [5.41, 5.74) is 7.57. The summed E-state index contributed by atoms with van der Waals surface area (Å²) in [6.45, 7) is 0. The van der Waals surface area contributed by atoms with Crippen LogP contribution in [-0.2, 0) is 6.42 Å². The molecule has 0 fully saturated rings. The zero-order valence-electron chi connectivity index (χ0n) is 9.35. The fourth-order valence-electron chi connectivity index (χ4n) is 1.49. The van der Waals surface area contributed by atoms with E-state index in [1.54, 1.807) is 7.11 Å². The van der Waals surface area contributed by atoms with Gasteiger partial charge in [0.1, 0.15) is 5.75 Å². The minimum Gasteiger partial charge on any atom is -0.497 e. The lowest BCUT2D eigenvalue weighted by Crippen LogP contribution is -1.99. The van der Waals surface area contributed by atoms with Gasteiger partial charge in [0, 0.05) is 6.42 Å². The third-order valence-electron chi connectivity index (χ3n) is 2.34. The minimum absolute atomic E-state index is 0.402. The van der Waals surface area contributed by atoms with E-state index in [1.165, 1.54) is 0 Å². The molecule has 1 heterocycles. The maximum Gasteiger partial charge on any atom is 0.160 e. The Morgan fingerprint density at radius 2 is 2.12 bits per heavy atom. The maximum atomic E-state index is 5.59. The van der Waals surface area contributed by atoms with E-state index in [0.717, 1.165) is 21.5 Å². The normalized spacial score (nSPS) is 10.2. The molecule has 0 unspecified atom stereocenters. The predicted octanol–water partition coefficient (Wildman–Crippen LogP) is 2.42. The number of nitrogens with zero attached hydrogens (tertiary/aromatic N) is 2. The van der Waals surface area contributed by atoms with E-state index in [-0.39, 0.29) is 0 Å². The van der Waals surface area contributed by atoms with Crippen LogP contribution in [0.1, 0.15) is 11.3 Å². The largest absolute Gasteiger partial charge is 0.497 e. The van der Waals surface area contributed by atoms with Gasteiger partial charge in [0.15, 0.2) is 5.82 Å². The summed E-state index contributed by atoms with van der Waals surface area (Å²) in [4.78, 5) is 0. The average molecular weight is 294 g/mol. The molecule has 1 aromatic heterocycles. The van der Waals surface area contributed by atoms with Crippen LogP contribution in [-0.4, -0.2) is 17.3 Å². The summed E-state index contributed by atoms with van der Waals surface area (Å²) in [6.07, 6.45) is 0.698. The fourth-order valence-corrected chi connectivity index (χ4v) is 1.84. The van der Waals surface area contributed by atoms with Crippen LogP contribution in [0.3, 0.4) is 0 Å². The molecule has 17 heavy (non-hydrogen) atoms. The molecule has 0 atom stereocenters. The average Bonchev–Trinajstić information content (AvgIpc) is 2.34. The molecule has 0 radical (unpaired) electrons. The summed E-state index contributed by atoms with van der Waals surface area (Å²) in [7, 11) is 1.65. The molecule has 1 aromatic carbocycles. The smallest absolute Gasteiger partial charge is 0.160 e. The van der Waals surface area contributed by atoms with E-state index >= 15 is 0 Å². The van der Waals surface area contributed by atoms with Crippen LogP contribution < -0.4 is 10.5 Å². The van der Waals surface area contributed by atoms with Crippen molar-refractivity contribution in [3.63, 3.8) is 0 Å². The first kappa shape index (κ1) is 11.9. The quantitative estimate of drug-likeness (QED) is 0.944. The monoisotopic (exact) mass is 293 g/mol. The summed E-state index contributed by atoms with van der Waals surface area (Å²) in [5, 5.41) is 7.91. The highest BCUT2D eigenvalue weighted by Crippen LogP contribution is 2.19. The Labute approximate surface area is 108 Å². The Morgan fingerprint density at radius 1 is 1.29 bits per heavy atom. The van der Waals surface area contributed by atoms with E-state index in [2.05, 4.69) is 26.1 Å². The second kappa shape index (κ2) is 5.14. The van der Waals surface area contributed by atoms with Gasteiger partial charge < -0.3 is 10.5 Å². The summed E-state index contributed by atoms with van der Waals surface area (Å²) in [5.74, 6) is 1.24. The predicted molar refractivity (Wildman–Crippen MR) is 69.9 cm³/mol. The van der Waals surface area contributed by atoms with Crippen molar-refractivity contribution in [3.8, 4) is 5.75 Å². The second-order valence-electron chi connectivity index (χ2n) is 3.60. The first-order chi connectivity index (χ1) is 8.19. The van der Waals surface area contributed by atoms with Crippen molar-refractivity contribution in [2.45, 2.75) is 6.42 Å². The van der Waals surface area contributed by atoms with Gasteiger partial charge in [-0.25, -0.2) is 0 Å². The van der Waals surface area contributed by atoms with Gasteiger partial charge in [-0.1, -0.05) is 12.1 Å². The standard InChI is InChI=1S/C12H12BrN3O/c1-17-10-4-2-3-8(6-10)5-9-7-11(13)12(14)16-15-9/h2-4,6-7H,5H2,1H3,(H2,14,16). The van der Waals surface area contributed by atoms with Gasteiger partial charge >= 0.3 is 0 Å². The first-order valence-corrected chi connectivity index (χ1v) is 5.89. The topological polar surface area (TPSA) is 61.0 Å². The third-order valence-corrected chi connectivity index (χ3v) is 2.98. The number of methoxy groups -OCH3 is 1. The highest BCUT2D eigenvalue weighted by atomic mass is 79.9. The number of halogens is 1. The Balaban J connectivity index is 2.22. The number of benzene rings is 1. The van der Waals surface area contributed by atoms with E-state index in [9.17, 15) is 0 Å². The molecule has 4 nitrogen and oxygen atoms in total. The number of rotatable bonds is 3. The lowest BCUT2D eigenvalue weighted by atomic mass is 10.1. The summed E-state index contributed by atoms with van der Waals surface area (Å²) in [6, 6.07) is 9.74. The Hall–Kier alpha value is -1.62. The Kier molecular flexibility index (Phi) is 3.58. The highest BCUT2D eigenvalue weighted by molar-refractivity contribution is 9.10. The van der Waals surface area contributed by atoms with E-state index in [0.29, 0.717) is 12.2 Å². The number of anilines is 1. The molecule has 0 saturated carbocycles. The highest BCUT2D eigenvalue weighted by Gasteiger charge is 2.03. The van der Waals surface area contributed by atoms with Gasteiger partial charge in [-0.05, 0) is 39.7 Å². The van der Waals surface area contributed by atoms with Gasteiger partial charge in [0.25, 0.3) is 0 Å². The molecule has 0 spiro atoms. The molecule has 0 aliphatic carbocycles. The molecular weight excluding hydrogens is 282 g/mol. The first-order valence-electron chi connectivity index (χ1n) is 5.09. The van der Waals surface area contributed by atoms with E-state index < -0.39 is 0 Å².